The summed E-state index contributed by atoms with van der Waals surface area (Å²) in [5, 5.41) is 0. The fourth-order valence-corrected chi connectivity index (χ4v) is 2.13. The average Bonchev–Trinajstić information content (AvgIpc) is 2.45. The molecule has 0 spiro atoms. The Bertz CT molecular complexity index is 395. The maximum atomic E-state index is 11.3. The molecule has 84 valence electrons. The monoisotopic (exact) mass is 235 g/mol. The Balaban J connectivity index is 2.91. The van der Waals surface area contributed by atoms with Crippen molar-refractivity contribution in [1.82, 2.24) is 4.31 Å². The number of carbonyl (C=O) groups excluding carboxylic acids is 3. The predicted octanol–water partition coefficient (Wildman–Crippen LogP) is -0.667. The summed E-state index contributed by atoms with van der Waals surface area (Å²) < 4.78 is 26.6. The van der Waals surface area contributed by atoms with Crippen LogP contribution in [0.4, 0.5) is 0 Å². The molecular weight excluding hydrogens is 226 g/mol. The van der Waals surface area contributed by atoms with Gasteiger partial charge in [0.15, 0.2) is 0 Å². The minimum Gasteiger partial charge on any atom is -0.330 e. The number of hydrogen-bond donors (Lipinski definition) is 0. The molecule has 0 aromatic rings. The van der Waals surface area contributed by atoms with E-state index in [1.54, 1.807) is 0 Å². The second-order valence-corrected chi connectivity index (χ2v) is 4.21. The van der Waals surface area contributed by atoms with Gasteiger partial charge in [0, 0.05) is 19.3 Å². The number of rotatable bonds is 3. The van der Waals surface area contributed by atoms with Crippen LogP contribution in [0.15, 0.2) is 0 Å². The highest BCUT2D eigenvalue weighted by Gasteiger charge is 2.41. The average molecular weight is 235 g/mol. The largest absolute Gasteiger partial charge is 0.421 e. The zero-order valence-electron chi connectivity index (χ0n) is 7.93. The van der Waals surface area contributed by atoms with Crippen LogP contribution in [0.5, 0.6) is 0 Å². The van der Waals surface area contributed by atoms with Gasteiger partial charge in [0.1, 0.15) is 0 Å². The summed E-state index contributed by atoms with van der Waals surface area (Å²) >= 11 is 0. The molecule has 0 N–H and O–H groups in total. The fraction of sp³-hybridized carbons (Fsp3) is 0.571. The van der Waals surface area contributed by atoms with Gasteiger partial charge in [-0.1, -0.05) is 6.92 Å². The summed E-state index contributed by atoms with van der Waals surface area (Å²) in [6, 6.07) is 0. The lowest BCUT2D eigenvalue weighted by Crippen LogP contribution is -2.37. The van der Waals surface area contributed by atoms with Gasteiger partial charge >= 0.3 is 16.3 Å². The molecule has 0 aromatic carbocycles. The Morgan fingerprint density at radius 1 is 1.33 bits per heavy atom. The smallest absolute Gasteiger partial charge is 0.330 e. The van der Waals surface area contributed by atoms with Gasteiger partial charge in [-0.05, 0) is 0 Å². The maximum absolute atomic E-state index is 11.3. The standard InChI is InChI=1S/C7H9NO6S/c1-2-7(11)14-15(12,13)8-5(9)3-4-6(8)10/h2-4H2,1H3. The van der Waals surface area contributed by atoms with Crippen molar-refractivity contribution in [2.24, 2.45) is 0 Å². The maximum Gasteiger partial charge on any atom is 0.421 e. The van der Waals surface area contributed by atoms with Gasteiger partial charge in [-0.2, -0.15) is 8.42 Å². The van der Waals surface area contributed by atoms with Crippen LogP contribution in [0.3, 0.4) is 0 Å². The summed E-state index contributed by atoms with van der Waals surface area (Å²) in [5.74, 6) is -2.75. The lowest BCUT2D eigenvalue weighted by molar-refractivity contribution is -0.135. The van der Waals surface area contributed by atoms with E-state index in [0.717, 1.165) is 0 Å². The van der Waals surface area contributed by atoms with Crippen molar-refractivity contribution in [3.63, 3.8) is 0 Å². The minimum atomic E-state index is -4.58. The number of imide groups is 1. The summed E-state index contributed by atoms with van der Waals surface area (Å²) in [5.41, 5.74) is 0. The van der Waals surface area contributed by atoms with Crippen molar-refractivity contribution in [3.05, 3.63) is 0 Å². The van der Waals surface area contributed by atoms with E-state index in [-0.39, 0.29) is 23.6 Å². The minimum absolute atomic E-state index is 0.000556. The second kappa shape index (κ2) is 3.97. The van der Waals surface area contributed by atoms with Gasteiger partial charge in [-0.3, -0.25) is 14.4 Å². The molecule has 1 fully saturated rings. The predicted molar refractivity (Wildman–Crippen MR) is 46.4 cm³/mol. The third-order valence-electron chi connectivity index (χ3n) is 1.72. The normalized spacial score (nSPS) is 17.0. The highest BCUT2D eigenvalue weighted by molar-refractivity contribution is 7.86. The highest BCUT2D eigenvalue weighted by Crippen LogP contribution is 2.17. The van der Waals surface area contributed by atoms with Gasteiger partial charge in [-0.25, -0.2) is 0 Å². The van der Waals surface area contributed by atoms with Crippen molar-refractivity contribution in [2.75, 3.05) is 0 Å². The number of carbonyl (C=O) groups is 3. The van der Waals surface area contributed by atoms with E-state index < -0.39 is 28.1 Å². The summed E-state index contributed by atoms with van der Waals surface area (Å²) in [6.07, 6.45) is -0.515. The lowest BCUT2D eigenvalue weighted by Gasteiger charge is -2.12. The van der Waals surface area contributed by atoms with Crippen molar-refractivity contribution < 1.29 is 27.0 Å². The van der Waals surface area contributed by atoms with Crippen LogP contribution in [0, 0.1) is 0 Å². The topological polar surface area (TPSA) is 97.8 Å². The Labute approximate surface area is 86.3 Å². The van der Waals surface area contributed by atoms with Crippen molar-refractivity contribution in [2.45, 2.75) is 26.2 Å². The zero-order chi connectivity index (χ0) is 11.6. The van der Waals surface area contributed by atoms with Gasteiger partial charge < -0.3 is 4.18 Å². The second-order valence-electron chi connectivity index (χ2n) is 2.82. The molecule has 0 aliphatic carbocycles. The molecule has 1 saturated heterocycles. The first-order valence-electron chi connectivity index (χ1n) is 4.21. The molecule has 1 aliphatic heterocycles. The van der Waals surface area contributed by atoms with Crippen LogP contribution >= 0.6 is 0 Å². The molecular formula is C7H9NO6S. The molecule has 0 radical (unpaired) electrons. The van der Waals surface area contributed by atoms with Crippen LogP contribution in [-0.4, -0.2) is 30.5 Å². The molecule has 15 heavy (non-hydrogen) atoms. The number of hydrogen-bond acceptors (Lipinski definition) is 6. The van der Waals surface area contributed by atoms with Crippen molar-refractivity contribution in [1.29, 1.82) is 0 Å². The third kappa shape index (κ3) is 2.32. The highest BCUT2D eigenvalue weighted by atomic mass is 32.2. The molecule has 0 saturated carbocycles. The Kier molecular flexibility index (Phi) is 3.08. The SMILES string of the molecule is CCC(=O)OS(=O)(=O)N1C(=O)CCC1=O. The van der Waals surface area contributed by atoms with Crippen LogP contribution in [-0.2, 0) is 28.9 Å². The van der Waals surface area contributed by atoms with Crippen LogP contribution in [0.25, 0.3) is 0 Å². The Morgan fingerprint density at radius 2 is 1.80 bits per heavy atom. The molecule has 7 nitrogen and oxygen atoms in total. The fourth-order valence-electron chi connectivity index (χ4n) is 1.02. The molecule has 0 aromatic heterocycles. The Hall–Kier alpha value is -1.44. The van der Waals surface area contributed by atoms with Crippen molar-refractivity contribution in [3.8, 4) is 0 Å². The van der Waals surface area contributed by atoms with E-state index in [1.165, 1.54) is 6.92 Å². The molecule has 1 aliphatic rings. The van der Waals surface area contributed by atoms with Crippen molar-refractivity contribution >= 4 is 28.1 Å². The third-order valence-corrected chi connectivity index (χ3v) is 2.97. The molecule has 0 atom stereocenters. The number of amides is 2. The molecule has 2 amide bonds. The quantitative estimate of drug-likeness (QED) is 0.602. The Morgan fingerprint density at radius 3 is 2.20 bits per heavy atom. The van der Waals surface area contributed by atoms with Gasteiger partial charge in [0.25, 0.3) is 0 Å². The van der Waals surface area contributed by atoms with Crippen LogP contribution < -0.4 is 0 Å². The van der Waals surface area contributed by atoms with E-state index in [9.17, 15) is 22.8 Å². The first kappa shape index (κ1) is 11.6. The van der Waals surface area contributed by atoms with Crippen LogP contribution in [0.2, 0.25) is 0 Å². The summed E-state index contributed by atoms with van der Waals surface area (Å²) in [7, 11) is -4.58. The number of nitrogens with zero attached hydrogens (tertiary/aromatic N) is 1. The van der Waals surface area contributed by atoms with Gasteiger partial charge in [0.2, 0.25) is 11.8 Å². The first-order chi connectivity index (χ1) is 6.88. The van der Waals surface area contributed by atoms with E-state index in [2.05, 4.69) is 4.18 Å². The molecule has 0 bridgehead atoms. The van der Waals surface area contributed by atoms with Crippen LogP contribution in [0.1, 0.15) is 26.2 Å². The molecule has 8 heteroatoms. The van der Waals surface area contributed by atoms with E-state index >= 15 is 0 Å². The molecule has 1 heterocycles. The zero-order valence-corrected chi connectivity index (χ0v) is 8.74. The van der Waals surface area contributed by atoms with E-state index in [0.29, 0.717) is 0 Å². The van der Waals surface area contributed by atoms with Gasteiger partial charge in [-0.15, -0.1) is 4.31 Å². The first-order valence-corrected chi connectivity index (χ1v) is 5.58. The van der Waals surface area contributed by atoms with E-state index in [4.69, 9.17) is 0 Å². The summed E-state index contributed by atoms with van der Waals surface area (Å²) in [6.45, 7) is 1.39. The summed E-state index contributed by atoms with van der Waals surface area (Å²) in [4.78, 5) is 32.8. The van der Waals surface area contributed by atoms with Gasteiger partial charge in [0.05, 0.1) is 0 Å². The van der Waals surface area contributed by atoms with E-state index in [1.807, 2.05) is 0 Å². The molecule has 1 rings (SSSR count). The lowest BCUT2D eigenvalue weighted by atomic mass is 10.4. The molecule has 0 unspecified atom stereocenters.